The summed E-state index contributed by atoms with van der Waals surface area (Å²) in [4.78, 5) is 18.4. The maximum absolute atomic E-state index is 12.2. The predicted molar refractivity (Wildman–Crippen MR) is 139 cm³/mol. The van der Waals surface area contributed by atoms with Crippen LogP contribution in [0.2, 0.25) is 0 Å². The van der Waals surface area contributed by atoms with Crippen LogP contribution in [0.3, 0.4) is 0 Å². The molecule has 1 atom stereocenters. The zero-order valence-electron chi connectivity index (χ0n) is 18.6. The van der Waals surface area contributed by atoms with Gasteiger partial charge in [-0.05, 0) is 47.5 Å². The largest absolute Gasteiger partial charge is 0.484 e. The van der Waals surface area contributed by atoms with Gasteiger partial charge in [-0.25, -0.2) is 0 Å². The van der Waals surface area contributed by atoms with Crippen molar-refractivity contribution in [3.8, 4) is 5.75 Å². The van der Waals surface area contributed by atoms with Crippen molar-refractivity contribution >= 4 is 34.8 Å². The Morgan fingerprint density at radius 1 is 0.853 bits per heavy atom. The van der Waals surface area contributed by atoms with Crippen LogP contribution in [-0.4, -0.2) is 18.2 Å². The lowest BCUT2D eigenvalue weighted by atomic mass is 10.0. The topological polar surface area (TPSA) is 50.7 Å². The number of aliphatic imine (C=N–C) groups is 1. The standard InChI is InChI=1S/C29H24N2O2S/c32-29(30-23-11-5-2-6-12-23)20-33-24-17-15-22(16-18-24)28-19-26(21-9-3-1-4-10-21)31-25-13-7-8-14-27(25)34-28/h1-18,28H,19-20H2,(H,30,32)/t28-/m0/s1. The van der Waals surface area contributed by atoms with E-state index < -0.39 is 0 Å². The molecule has 0 fully saturated rings. The number of carbonyl (C=O) groups excluding carboxylic acids is 1. The van der Waals surface area contributed by atoms with Crippen LogP contribution in [0.5, 0.6) is 5.75 Å². The van der Waals surface area contributed by atoms with Gasteiger partial charge in [0.2, 0.25) is 0 Å². The summed E-state index contributed by atoms with van der Waals surface area (Å²) in [5.74, 6) is 0.484. The summed E-state index contributed by atoms with van der Waals surface area (Å²) in [6, 6.07) is 36.1. The molecule has 34 heavy (non-hydrogen) atoms. The van der Waals surface area contributed by atoms with E-state index in [4.69, 9.17) is 9.73 Å². The van der Waals surface area contributed by atoms with Crippen LogP contribution in [0.1, 0.15) is 22.8 Å². The molecule has 1 aliphatic rings. The Balaban J connectivity index is 1.29. The molecule has 4 aromatic carbocycles. The van der Waals surface area contributed by atoms with E-state index >= 15 is 0 Å². The van der Waals surface area contributed by atoms with Crippen molar-refractivity contribution in [1.82, 2.24) is 0 Å². The normalized spacial score (nSPS) is 14.9. The van der Waals surface area contributed by atoms with Crippen LogP contribution < -0.4 is 10.1 Å². The summed E-state index contributed by atoms with van der Waals surface area (Å²) in [6.07, 6.45) is 0.822. The van der Waals surface area contributed by atoms with Crippen LogP contribution in [0.25, 0.3) is 0 Å². The number of benzene rings is 4. The first-order valence-electron chi connectivity index (χ1n) is 11.2. The summed E-state index contributed by atoms with van der Waals surface area (Å²) in [5, 5.41) is 3.05. The highest BCUT2D eigenvalue weighted by Gasteiger charge is 2.22. The number of hydrogen-bond donors (Lipinski definition) is 1. The van der Waals surface area contributed by atoms with Gasteiger partial charge in [-0.3, -0.25) is 9.79 Å². The zero-order chi connectivity index (χ0) is 23.2. The van der Waals surface area contributed by atoms with Gasteiger partial charge >= 0.3 is 0 Å². The fourth-order valence-electron chi connectivity index (χ4n) is 3.86. The second-order valence-electron chi connectivity index (χ2n) is 7.97. The molecule has 1 amide bonds. The number of ether oxygens (including phenoxy) is 1. The van der Waals surface area contributed by atoms with Crippen LogP contribution in [0, 0.1) is 0 Å². The Kier molecular flexibility index (Phi) is 6.73. The molecule has 1 heterocycles. The molecule has 0 aromatic heterocycles. The van der Waals surface area contributed by atoms with Gasteiger partial charge in [-0.1, -0.05) is 72.8 Å². The molecule has 4 nitrogen and oxygen atoms in total. The van der Waals surface area contributed by atoms with Crippen molar-refractivity contribution in [2.45, 2.75) is 16.6 Å². The monoisotopic (exact) mass is 464 g/mol. The molecule has 0 bridgehead atoms. The second kappa shape index (κ2) is 10.4. The third-order valence-corrected chi connectivity index (χ3v) is 6.88. The first kappa shape index (κ1) is 22.0. The first-order valence-corrected chi connectivity index (χ1v) is 12.1. The molecule has 1 N–H and O–H groups in total. The van der Waals surface area contributed by atoms with Crippen LogP contribution in [0.4, 0.5) is 11.4 Å². The van der Waals surface area contributed by atoms with E-state index in [0.29, 0.717) is 5.75 Å². The quantitative estimate of drug-likeness (QED) is 0.332. The molecular weight excluding hydrogens is 440 g/mol. The molecule has 1 aliphatic heterocycles. The highest BCUT2D eigenvalue weighted by Crippen LogP contribution is 2.45. The summed E-state index contributed by atoms with van der Waals surface area (Å²) >= 11 is 1.84. The van der Waals surface area contributed by atoms with Crippen molar-refractivity contribution in [2.75, 3.05) is 11.9 Å². The minimum Gasteiger partial charge on any atom is -0.484 e. The van der Waals surface area contributed by atoms with Crippen molar-refractivity contribution in [3.63, 3.8) is 0 Å². The number of rotatable bonds is 6. The minimum absolute atomic E-state index is 0.0371. The fraction of sp³-hybridized carbons (Fsp3) is 0.103. The van der Waals surface area contributed by atoms with Gasteiger partial charge in [0, 0.05) is 28.0 Å². The molecule has 0 aliphatic carbocycles. The molecule has 168 valence electrons. The number of nitrogens with zero attached hydrogens (tertiary/aromatic N) is 1. The lowest BCUT2D eigenvalue weighted by Crippen LogP contribution is -2.20. The number of hydrogen-bond acceptors (Lipinski definition) is 4. The lowest BCUT2D eigenvalue weighted by molar-refractivity contribution is -0.118. The van der Waals surface area contributed by atoms with Crippen molar-refractivity contribution in [1.29, 1.82) is 0 Å². The number of fused-ring (bicyclic) bond motifs is 1. The van der Waals surface area contributed by atoms with Crippen molar-refractivity contribution < 1.29 is 9.53 Å². The highest BCUT2D eigenvalue weighted by molar-refractivity contribution is 7.99. The molecule has 4 aromatic rings. The molecule has 0 spiro atoms. The number of thioether (sulfide) groups is 1. The number of carbonyl (C=O) groups is 1. The van der Waals surface area contributed by atoms with Crippen LogP contribution in [0.15, 0.2) is 119 Å². The van der Waals surface area contributed by atoms with E-state index in [1.165, 1.54) is 10.5 Å². The minimum atomic E-state index is -0.185. The number of amides is 1. The number of para-hydroxylation sites is 2. The molecule has 0 unspecified atom stereocenters. The maximum atomic E-state index is 12.2. The van der Waals surface area contributed by atoms with Gasteiger partial charge in [-0.2, -0.15) is 0 Å². The summed E-state index contributed by atoms with van der Waals surface area (Å²) in [6.45, 7) is -0.0371. The van der Waals surface area contributed by atoms with E-state index in [1.54, 1.807) is 0 Å². The van der Waals surface area contributed by atoms with Crippen molar-refractivity contribution in [3.05, 3.63) is 120 Å². The Morgan fingerprint density at radius 2 is 1.53 bits per heavy atom. The number of anilines is 1. The van der Waals surface area contributed by atoms with E-state index in [9.17, 15) is 4.79 Å². The molecule has 5 rings (SSSR count). The third kappa shape index (κ3) is 5.38. The third-order valence-electron chi connectivity index (χ3n) is 5.56. The van der Waals surface area contributed by atoms with E-state index in [1.807, 2.05) is 66.4 Å². The van der Waals surface area contributed by atoms with E-state index in [-0.39, 0.29) is 17.8 Å². The molecule has 0 radical (unpaired) electrons. The lowest BCUT2D eigenvalue weighted by Gasteiger charge is -2.17. The number of nitrogens with one attached hydrogen (secondary N) is 1. The molecule has 5 heteroatoms. The van der Waals surface area contributed by atoms with Gasteiger partial charge < -0.3 is 10.1 Å². The molecular formula is C29H24N2O2S. The Bertz CT molecular complexity index is 1290. The van der Waals surface area contributed by atoms with Crippen LogP contribution in [-0.2, 0) is 4.79 Å². The molecule has 0 saturated heterocycles. The Labute approximate surface area is 203 Å². The highest BCUT2D eigenvalue weighted by atomic mass is 32.2. The smallest absolute Gasteiger partial charge is 0.262 e. The van der Waals surface area contributed by atoms with Gasteiger partial charge in [-0.15, -0.1) is 11.8 Å². The summed E-state index contributed by atoms with van der Waals surface area (Å²) < 4.78 is 5.71. The zero-order valence-corrected chi connectivity index (χ0v) is 19.4. The average molecular weight is 465 g/mol. The van der Waals surface area contributed by atoms with Gasteiger partial charge in [0.05, 0.1) is 5.69 Å². The summed E-state index contributed by atoms with van der Waals surface area (Å²) in [7, 11) is 0. The maximum Gasteiger partial charge on any atom is 0.262 e. The summed E-state index contributed by atoms with van der Waals surface area (Å²) in [5.41, 5.74) is 5.20. The van der Waals surface area contributed by atoms with E-state index in [0.717, 1.165) is 29.1 Å². The fourth-order valence-corrected chi connectivity index (χ4v) is 5.09. The van der Waals surface area contributed by atoms with Gasteiger partial charge in [0.25, 0.3) is 5.91 Å². The predicted octanol–water partition coefficient (Wildman–Crippen LogP) is 7.06. The average Bonchev–Trinajstić information content (AvgIpc) is 3.09. The van der Waals surface area contributed by atoms with Crippen LogP contribution >= 0.6 is 11.8 Å². The van der Waals surface area contributed by atoms with Gasteiger partial charge in [0.1, 0.15) is 5.75 Å². The van der Waals surface area contributed by atoms with Gasteiger partial charge in [0.15, 0.2) is 6.61 Å². The first-order chi connectivity index (χ1) is 16.7. The Morgan fingerprint density at radius 3 is 2.29 bits per heavy atom. The van der Waals surface area contributed by atoms with Crippen molar-refractivity contribution in [2.24, 2.45) is 4.99 Å². The Hall–Kier alpha value is -3.83. The second-order valence-corrected chi connectivity index (χ2v) is 9.22. The van der Waals surface area contributed by atoms with E-state index in [2.05, 4.69) is 59.9 Å². The SMILES string of the molecule is O=C(COc1ccc([C@@H]2CC(c3ccccc3)=Nc3ccccc3S2)cc1)Nc1ccccc1. The molecule has 0 saturated carbocycles.